The maximum Gasteiger partial charge on any atom is 0.471 e. The lowest BCUT2D eigenvalue weighted by Gasteiger charge is -2.30. The summed E-state index contributed by atoms with van der Waals surface area (Å²) in [6.45, 7) is -0.747. The number of benzene rings is 1. The molecule has 2 rings (SSSR count). The highest BCUT2D eigenvalue weighted by molar-refractivity contribution is 5.90. The SMILES string of the molecule is O=C(O)c1c(F)ccc2c1CN(C(=O)C(F)(F)F)CC2. The zero-order valence-electron chi connectivity index (χ0n) is 10.00. The van der Waals surface area contributed by atoms with Gasteiger partial charge in [-0.1, -0.05) is 6.07 Å². The van der Waals surface area contributed by atoms with Crippen LogP contribution in [0.3, 0.4) is 0 Å². The number of fused-ring (bicyclic) bond motifs is 1. The number of halogens is 4. The summed E-state index contributed by atoms with van der Waals surface area (Å²) in [5.41, 5.74) is -0.321. The third-order valence-electron chi connectivity index (χ3n) is 3.10. The van der Waals surface area contributed by atoms with Gasteiger partial charge in [0.05, 0.1) is 0 Å². The van der Waals surface area contributed by atoms with Gasteiger partial charge in [-0.25, -0.2) is 9.18 Å². The molecule has 0 saturated carbocycles. The standard InChI is InChI=1S/C12H9F4NO3/c13-8-2-1-6-3-4-17(11(20)12(14,15)16)5-7(6)9(8)10(18)19/h1-2H,3-5H2,(H,18,19). The summed E-state index contributed by atoms with van der Waals surface area (Å²) < 4.78 is 50.6. The minimum atomic E-state index is -5.03. The highest BCUT2D eigenvalue weighted by Gasteiger charge is 2.43. The number of hydrogen-bond acceptors (Lipinski definition) is 2. The first-order chi connectivity index (χ1) is 9.21. The molecule has 1 aliphatic rings. The van der Waals surface area contributed by atoms with Crippen molar-refractivity contribution in [3.63, 3.8) is 0 Å². The van der Waals surface area contributed by atoms with E-state index in [0.29, 0.717) is 10.5 Å². The van der Waals surface area contributed by atoms with Gasteiger partial charge in [0.2, 0.25) is 0 Å². The molecule has 0 spiro atoms. The van der Waals surface area contributed by atoms with Crippen LogP contribution in [0, 0.1) is 5.82 Å². The van der Waals surface area contributed by atoms with Crippen LogP contribution >= 0.6 is 0 Å². The van der Waals surface area contributed by atoms with Crippen LogP contribution in [0.5, 0.6) is 0 Å². The Morgan fingerprint density at radius 2 is 1.90 bits per heavy atom. The highest BCUT2D eigenvalue weighted by atomic mass is 19.4. The molecule has 20 heavy (non-hydrogen) atoms. The van der Waals surface area contributed by atoms with Crippen LogP contribution in [0.25, 0.3) is 0 Å². The van der Waals surface area contributed by atoms with Crippen molar-refractivity contribution in [2.75, 3.05) is 6.54 Å². The Kier molecular flexibility index (Phi) is 3.41. The molecule has 0 bridgehead atoms. The summed E-state index contributed by atoms with van der Waals surface area (Å²) in [5, 5.41) is 8.94. The number of carbonyl (C=O) groups is 2. The minimum Gasteiger partial charge on any atom is -0.478 e. The molecule has 1 aromatic rings. The van der Waals surface area contributed by atoms with Gasteiger partial charge in [0.15, 0.2) is 0 Å². The lowest BCUT2D eigenvalue weighted by molar-refractivity contribution is -0.186. The fraction of sp³-hybridized carbons (Fsp3) is 0.333. The Labute approximate surface area is 110 Å². The van der Waals surface area contributed by atoms with Crippen molar-refractivity contribution in [2.45, 2.75) is 19.1 Å². The molecular weight excluding hydrogens is 282 g/mol. The van der Waals surface area contributed by atoms with E-state index < -0.39 is 36.0 Å². The predicted octanol–water partition coefficient (Wildman–Crippen LogP) is 1.97. The van der Waals surface area contributed by atoms with Crippen LogP contribution in [0.15, 0.2) is 12.1 Å². The third-order valence-corrected chi connectivity index (χ3v) is 3.10. The van der Waals surface area contributed by atoms with Gasteiger partial charge >= 0.3 is 18.1 Å². The monoisotopic (exact) mass is 291 g/mol. The fourth-order valence-corrected chi connectivity index (χ4v) is 2.19. The Balaban J connectivity index is 2.41. The second-order valence-electron chi connectivity index (χ2n) is 4.34. The molecule has 1 aliphatic heterocycles. The first-order valence-corrected chi connectivity index (χ1v) is 5.61. The normalized spacial score (nSPS) is 14.9. The molecule has 0 atom stereocenters. The number of aromatic carboxylic acids is 1. The number of rotatable bonds is 1. The van der Waals surface area contributed by atoms with E-state index in [1.807, 2.05) is 0 Å². The maximum atomic E-state index is 13.5. The summed E-state index contributed by atoms with van der Waals surface area (Å²) in [6.07, 6.45) is -4.98. The lowest BCUT2D eigenvalue weighted by atomic mass is 9.94. The quantitative estimate of drug-likeness (QED) is 0.805. The Morgan fingerprint density at radius 3 is 2.45 bits per heavy atom. The largest absolute Gasteiger partial charge is 0.478 e. The molecule has 1 amide bonds. The predicted molar refractivity (Wildman–Crippen MR) is 58.5 cm³/mol. The van der Waals surface area contributed by atoms with Gasteiger partial charge in [-0.05, 0) is 23.6 Å². The molecule has 1 N–H and O–H groups in total. The van der Waals surface area contributed by atoms with Crippen LogP contribution in [0.2, 0.25) is 0 Å². The number of carboxylic acids is 1. The molecule has 1 heterocycles. The molecule has 0 fully saturated rings. The summed E-state index contributed by atoms with van der Waals surface area (Å²) in [6, 6.07) is 2.29. The topological polar surface area (TPSA) is 57.6 Å². The van der Waals surface area contributed by atoms with E-state index in [0.717, 1.165) is 6.07 Å². The van der Waals surface area contributed by atoms with Crippen molar-refractivity contribution in [3.8, 4) is 0 Å². The smallest absolute Gasteiger partial charge is 0.471 e. The first-order valence-electron chi connectivity index (χ1n) is 5.61. The number of carboxylic acid groups (broad SMARTS) is 1. The van der Waals surface area contributed by atoms with E-state index in [9.17, 15) is 27.2 Å². The molecule has 0 aromatic heterocycles. The van der Waals surface area contributed by atoms with Crippen LogP contribution in [0.1, 0.15) is 21.5 Å². The van der Waals surface area contributed by atoms with Crippen molar-refractivity contribution in [1.82, 2.24) is 4.90 Å². The van der Waals surface area contributed by atoms with Crippen LogP contribution in [-0.2, 0) is 17.8 Å². The fourth-order valence-electron chi connectivity index (χ4n) is 2.19. The Morgan fingerprint density at radius 1 is 1.25 bits per heavy atom. The van der Waals surface area contributed by atoms with E-state index in [1.165, 1.54) is 6.07 Å². The van der Waals surface area contributed by atoms with E-state index in [4.69, 9.17) is 5.11 Å². The Bertz CT molecular complexity index is 583. The average molecular weight is 291 g/mol. The van der Waals surface area contributed by atoms with E-state index >= 15 is 0 Å². The summed E-state index contributed by atoms with van der Waals surface area (Å²) in [7, 11) is 0. The molecular formula is C12H9F4NO3. The van der Waals surface area contributed by atoms with Gasteiger partial charge in [0.25, 0.3) is 0 Å². The van der Waals surface area contributed by atoms with Gasteiger partial charge in [-0.3, -0.25) is 4.79 Å². The van der Waals surface area contributed by atoms with Gasteiger partial charge in [-0.2, -0.15) is 13.2 Å². The first kappa shape index (κ1) is 14.3. The van der Waals surface area contributed by atoms with Gasteiger partial charge in [-0.15, -0.1) is 0 Å². The van der Waals surface area contributed by atoms with Crippen LogP contribution < -0.4 is 0 Å². The Hall–Kier alpha value is -2.12. The van der Waals surface area contributed by atoms with Gasteiger partial charge < -0.3 is 10.0 Å². The second-order valence-corrected chi connectivity index (χ2v) is 4.34. The molecule has 0 radical (unpaired) electrons. The number of amides is 1. The van der Waals surface area contributed by atoms with Gasteiger partial charge in [0.1, 0.15) is 11.4 Å². The van der Waals surface area contributed by atoms with Crippen LogP contribution in [-0.4, -0.2) is 34.6 Å². The highest BCUT2D eigenvalue weighted by Crippen LogP contribution is 2.28. The van der Waals surface area contributed by atoms with E-state index in [1.54, 1.807) is 0 Å². The zero-order valence-corrected chi connectivity index (χ0v) is 10.00. The van der Waals surface area contributed by atoms with Gasteiger partial charge in [0, 0.05) is 13.1 Å². The van der Waals surface area contributed by atoms with E-state index in [2.05, 4.69) is 0 Å². The van der Waals surface area contributed by atoms with E-state index in [-0.39, 0.29) is 18.5 Å². The summed E-state index contributed by atoms with van der Waals surface area (Å²) in [4.78, 5) is 22.6. The van der Waals surface area contributed by atoms with Crippen LogP contribution in [0.4, 0.5) is 17.6 Å². The van der Waals surface area contributed by atoms with Crippen molar-refractivity contribution < 1.29 is 32.3 Å². The number of carbonyl (C=O) groups excluding carboxylic acids is 1. The molecule has 8 heteroatoms. The maximum absolute atomic E-state index is 13.5. The van der Waals surface area contributed by atoms with Crippen molar-refractivity contribution in [2.24, 2.45) is 0 Å². The molecule has 1 aromatic carbocycles. The average Bonchev–Trinajstić information content (AvgIpc) is 2.35. The minimum absolute atomic E-state index is 0.0533. The molecule has 0 aliphatic carbocycles. The molecule has 4 nitrogen and oxygen atoms in total. The lowest BCUT2D eigenvalue weighted by Crippen LogP contribution is -2.44. The summed E-state index contributed by atoms with van der Waals surface area (Å²) >= 11 is 0. The second kappa shape index (κ2) is 4.77. The number of alkyl halides is 3. The van der Waals surface area contributed by atoms with Crippen molar-refractivity contribution in [3.05, 3.63) is 34.6 Å². The van der Waals surface area contributed by atoms with Crippen molar-refractivity contribution >= 4 is 11.9 Å². The molecule has 108 valence electrons. The number of nitrogens with zero attached hydrogens (tertiary/aromatic N) is 1. The third kappa shape index (κ3) is 2.45. The van der Waals surface area contributed by atoms with Crippen molar-refractivity contribution in [1.29, 1.82) is 0 Å². The molecule has 0 unspecified atom stereocenters. The zero-order chi connectivity index (χ0) is 15.1. The number of hydrogen-bond donors (Lipinski definition) is 1. The molecule has 0 saturated heterocycles. The summed E-state index contributed by atoms with van der Waals surface area (Å²) in [5.74, 6) is -4.65.